The summed E-state index contributed by atoms with van der Waals surface area (Å²) < 4.78 is 34.8. The van der Waals surface area contributed by atoms with Crippen molar-refractivity contribution in [2.75, 3.05) is 0 Å². The Morgan fingerprint density at radius 1 is 1.10 bits per heavy atom. The average molecular weight is 170 g/mol. The second-order valence-corrected chi connectivity index (χ2v) is 9.30. The Morgan fingerprint density at radius 3 is 1.60 bits per heavy atom. The lowest BCUT2D eigenvalue weighted by molar-refractivity contribution is -0.130. The predicted octanol–water partition coefficient (Wildman–Crippen LogP) is 3.28. The molecule has 0 N–H and O–H groups in total. The first-order valence-corrected chi connectivity index (χ1v) is 6.98. The smallest absolute Gasteiger partial charge is 0.171 e. The molecule has 0 aliphatic heterocycles. The quantitative estimate of drug-likeness (QED) is 0.558. The molecule has 0 amide bonds. The number of hydrogen-bond acceptors (Lipinski definition) is 0. The van der Waals surface area contributed by atoms with E-state index in [2.05, 4.69) is 0 Å². The van der Waals surface area contributed by atoms with Gasteiger partial charge in [-0.1, -0.05) is 19.6 Å². The number of alkyl halides is 3. The van der Waals surface area contributed by atoms with Gasteiger partial charge >= 0.3 is 6.18 Å². The molecular formula is C6H13F3Si. The van der Waals surface area contributed by atoms with Crippen LogP contribution in [0.15, 0.2) is 0 Å². The highest BCUT2D eigenvalue weighted by Gasteiger charge is 2.29. The topological polar surface area (TPSA) is 0 Å². The first kappa shape index (κ1) is 10.0. The molecule has 0 fully saturated rings. The molecule has 0 aromatic rings. The molecule has 0 saturated carbocycles. The molecule has 62 valence electrons. The van der Waals surface area contributed by atoms with Crippen LogP contribution in [0.2, 0.25) is 25.7 Å². The van der Waals surface area contributed by atoms with Gasteiger partial charge in [-0.25, -0.2) is 0 Å². The Labute approximate surface area is 60.4 Å². The second-order valence-electron chi connectivity index (χ2n) is 3.68. The molecule has 10 heavy (non-hydrogen) atoms. The van der Waals surface area contributed by atoms with Gasteiger partial charge in [-0.2, -0.15) is 13.2 Å². The van der Waals surface area contributed by atoms with Crippen LogP contribution in [-0.4, -0.2) is 14.3 Å². The van der Waals surface area contributed by atoms with Crippen LogP contribution < -0.4 is 0 Å². The zero-order valence-electron chi connectivity index (χ0n) is 6.55. The molecule has 0 aliphatic carbocycles. The van der Waals surface area contributed by atoms with Crippen molar-refractivity contribution in [3.8, 4) is 0 Å². The monoisotopic (exact) mass is 170 g/mol. The van der Waals surface area contributed by atoms with Gasteiger partial charge in [-0.15, -0.1) is 0 Å². The maximum Gasteiger partial charge on any atom is 0.388 e. The molecule has 0 bridgehead atoms. The van der Waals surface area contributed by atoms with Crippen LogP contribution in [0, 0.1) is 0 Å². The zero-order valence-corrected chi connectivity index (χ0v) is 7.55. The number of rotatable bonds is 2. The molecule has 0 aromatic heterocycles. The second kappa shape index (κ2) is 2.94. The normalized spacial score (nSPS) is 13.8. The minimum absolute atomic E-state index is 0.344. The molecular weight excluding hydrogens is 157 g/mol. The van der Waals surface area contributed by atoms with E-state index in [1.54, 1.807) is 0 Å². The van der Waals surface area contributed by atoms with E-state index < -0.39 is 20.7 Å². The fourth-order valence-corrected chi connectivity index (χ4v) is 1.55. The van der Waals surface area contributed by atoms with Crippen molar-refractivity contribution in [3.05, 3.63) is 0 Å². The summed E-state index contributed by atoms with van der Waals surface area (Å²) in [6.07, 6.45) is -4.57. The van der Waals surface area contributed by atoms with E-state index in [9.17, 15) is 13.2 Å². The SMILES string of the molecule is C[Si](C)(C)CCC(F)(F)F. The van der Waals surface area contributed by atoms with Crippen molar-refractivity contribution in [1.29, 1.82) is 0 Å². The summed E-state index contributed by atoms with van der Waals surface area (Å²) in [6, 6.07) is 0.344. The first-order chi connectivity index (χ1) is 4.21. The highest BCUT2D eigenvalue weighted by molar-refractivity contribution is 6.76. The van der Waals surface area contributed by atoms with Crippen molar-refractivity contribution in [2.24, 2.45) is 0 Å². The van der Waals surface area contributed by atoms with Crippen LogP contribution >= 0.6 is 0 Å². The third-order valence-electron chi connectivity index (χ3n) is 1.16. The lowest BCUT2D eigenvalue weighted by Crippen LogP contribution is -2.22. The molecule has 0 heterocycles. The van der Waals surface area contributed by atoms with Crippen LogP contribution in [0.4, 0.5) is 13.2 Å². The van der Waals surface area contributed by atoms with Gasteiger partial charge in [0.25, 0.3) is 0 Å². The van der Waals surface area contributed by atoms with Crippen LogP contribution in [0.25, 0.3) is 0 Å². The molecule has 0 atom stereocenters. The van der Waals surface area contributed by atoms with Gasteiger partial charge in [0.2, 0.25) is 0 Å². The van der Waals surface area contributed by atoms with Crippen molar-refractivity contribution in [3.63, 3.8) is 0 Å². The Morgan fingerprint density at radius 2 is 1.50 bits per heavy atom. The molecule has 0 spiro atoms. The Balaban J connectivity index is 3.56. The van der Waals surface area contributed by atoms with Gasteiger partial charge in [0.05, 0.1) is 0 Å². The maximum atomic E-state index is 11.6. The molecule has 0 unspecified atom stereocenters. The van der Waals surface area contributed by atoms with E-state index >= 15 is 0 Å². The van der Waals surface area contributed by atoms with Gasteiger partial charge < -0.3 is 0 Å². The van der Waals surface area contributed by atoms with Gasteiger partial charge in [0, 0.05) is 14.5 Å². The summed E-state index contributed by atoms with van der Waals surface area (Å²) in [5.41, 5.74) is 0. The van der Waals surface area contributed by atoms with Gasteiger partial charge in [0.15, 0.2) is 0 Å². The van der Waals surface area contributed by atoms with Crippen LogP contribution in [0.1, 0.15) is 6.42 Å². The Hall–Kier alpha value is 0.00688. The highest BCUT2D eigenvalue weighted by Crippen LogP contribution is 2.25. The van der Waals surface area contributed by atoms with Crippen LogP contribution in [-0.2, 0) is 0 Å². The minimum atomic E-state index is -3.96. The van der Waals surface area contributed by atoms with Crippen molar-refractivity contribution < 1.29 is 13.2 Å². The number of halogens is 3. The Kier molecular flexibility index (Phi) is 2.95. The highest BCUT2D eigenvalue weighted by atomic mass is 28.3. The molecule has 0 radical (unpaired) electrons. The van der Waals surface area contributed by atoms with E-state index in [4.69, 9.17) is 0 Å². The molecule has 0 nitrogen and oxygen atoms in total. The van der Waals surface area contributed by atoms with E-state index in [1.165, 1.54) is 0 Å². The van der Waals surface area contributed by atoms with Gasteiger partial charge in [0.1, 0.15) is 0 Å². The molecule has 0 saturated heterocycles. The third kappa shape index (κ3) is 8.01. The number of hydrogen-bond donors (Lipinski definition) is 0. The zero-order chi connectivity index (χ0) is 8.41. The lowest BCUT2D eigenvalue weighted by Gasteiger charge is -2.16. The third-order valence-corrected chi connectivity index (χ3v) is 2.91. The maximum absolute atomic E-state index is 11.6. The molecule has 0 rings (SSSR count). The van der Waals surface area contributed by atoms with Crippen LogP contribution in [0.5, 0.6) is 0 Å². The summed E-state index contributed by atoms with van der Waals surface area (Å²) in [4.78, 5) is 0. The van der Waals surface area contributed by atoms with Crippen molar-refractivity contribution in [1.82, 2.24) is 0 Å². The summed E-state index contributed by atoms with van der Waals surface area (Å²) in [7, 11) is -1.49. The van der Waals surface area contributed by atoms with Gasteiger partial charge in [-0.3, -0.25) is 0 Å². The minimum Gasteiger partial charge on any atom is -0.171 e. The van der Waals surface area contributed by atoms with Crippen LogP contribution in [0.3, 0.4) is 0 Å². The molecule has 0 aliphatic rings. The predicted molar refractivity (Wildman–Crippen MR) is 38.8 cm³/mol. The van der Waals surface area contributed by atoms with Crippen molar-refractivity contribution >= 4 is 8.07 Å². The largest absolute Gasteiger partial charge is 0.388 e. The summed E-state index contributed by atoms with van der Waals surface area (Å²) in [5.74, 6) is 0. The molecule has 4 heteroatoms. The summed E-state index contributed by atoms with van der Waals surface area (Å²) in [6.45, 7) is 5.83. The first-order valence-electron chi connectivity index (χ1n) is 3.27. The van der Waals surface area contributed by atoms with Crippen molar-refractivity contribution in [2.45, 2.75) is 38.3 Å². The van der Waals surface area contributed by atoms with E-state index in [-0.39, 0.29) is 0 Å². The fourth-order valence-electron chi connectivity index (χ4n) is 0.517. The summed E-state index contributed by atoms with van der Waals surface area (Å²) >= 11 is 0. The van der Waals surface area contributed by atoms with Gasteiger partial charge in [-0.05, 0) is 6.04 Å². The van der Waals surface area contributed by atoms with E-state index in [0.717, 1.165) is 0 Å². The summed E-state index contributed by atoms with van der Waals surface area (Å²) in [5, 5.41) is 0. The Bertz CT molecular complexity index is 86.5. The van der Waals surface area contributed by atoms with E-state index in [0.29, 0.717) is 6.04 Å². The average Bonchev–Trinajstić information content (AvgIpc) is 1.57. The standard InChI is InChI=1S/C6H13F3Si/c1-10(2,3)5-4-6(7,8)9/h4-5H2,1-3H3. The molecule has 0 aromatic carbocycles. The fraction of sp³-hybridized carbons (Fsp3) is 1.00. The lowest BCUT2D eigenvalue weighted by atomic mass is 10.5. The van der Waals surface area contributed by atoms with E-state index in [1.807, 2.05) is 19.6 Å².